The number of benzene rings is 1. The molecule has 76 valence electrons. The molecule has 2 heteroatoms. The van der Waals surface area contributed by atoms with Crippen LogP contribution in [0.15, 0.2) is 34.3 Å². The molecule has 0 atom stereocenters. The topological polar surface area (TPSA) is 20.2 Å². The first kappa shape index (κ1) is 11.5. The first-order valence-corrected chi connectivity index (χ1v) is 5.49. The molecule has 0 saturated carbocycles. The van der Waals surface area contributed by atoms with Gasteiger partial charge >= 0.3 is 0 Å². The third kappa shape index (κ3) is 3.28. The minimum Gasteiger partial charge on any atom is -0.392 e. The van der Waals surface area contributed by atoms with Crippen molar-refractivity contribution in [2.45, 2.75) is 13.8 Å². The Labute approximate surface area is 93.6 Å². The number of halogens is 1. The van der Waals surface area contributed by atoms with Gasteiger partial charge < -0.3 is 5.11 Å². The van der Waals surface area contributed by atoms with Gasteiger partial charge in [0.1, 0.15) is 0 Å². The number of aliphatic hydroxyl groups excluding tert-OH is 1. The molecule has 1 aromatic rings. The lowest BCUT2D eigenvalue weighted by Gasteiger charge is -2.07. The molecule has 0 saturated heterocycles. The average Bonchev–Trinajstić information content (AvgIpc) is 2.14. The highest BCUT2D eigenvalue weighted by Gasteiger charge is 2.01. The predicted octanol–water partition coefficient (Wildman–Crippen LogP) is 3.48. The summed E-state index contributed by atoms with van der Waals surface area (Å²) in [4.78, 5) is 0. The fraction of sp³-hybridized carbons (Fsp3) is 0.333. The Morgan fingerprint density at radius 3 is 2.71 bits per heavy atom. The molecule has 0 radical (unpaired) electrons. The van der Waals surface area contributed by atoms with E-state index in [9.17, 15) is 0 Å². The first-order valence-electron chi connectivity index (χ1n) is 4.70. The lowest BCUT2D eigenvalue weighted by molar-refractivity contribution is 0.320. The molecule has 0 aromatic heterocycles. The summed E-state index contributed by atoms with van der Waals surface area (Å²) in [5.41, 5.74) is 2.18. The Balaban J connectivity index is 2.94. The summed E-state index contributed by atoms with van der Waals surface area (Å²) >= 11 is 3.42. The summed E-state index contributed by atoms with van der Waals surface area (Å²) in [6, 6.07) is 8.05. The Morgan fingerprint density at radius 2 is 2.21 bits per heavy atom. The minimum absolute atomic E-state index is 0.129. The summed E-state index contributed by atoms with van der Waals surface area (Å²) in [6.07, 6.45) is 2.04. The fourth-order valence-corrected chi connectivity index (χ4v) is 1.62. The van der Waals surface area contributed by atoms with Crippen LogP contribution in [0.4, 0.5) is 0 Å². The van der Waals surface area contributed by atoms with E-state index in [2.05, 4.69) is 29.8 Å². The summed E-state index contributed by atoms with van der Waals surface area (Å²) in [5.74, 6) is 0.388. The smallest absolute Gasteiger partial charge is 0.0647 e. The molecule has 0 spiro atoms. The molecular formula is C12H15BrO. The zero-order chi connectivity index (χ0) is 10.6. The summed E-state index contributed by atoms with van der Waals surface area (Å²) in [7, 11) is 0. The zero-order valence-electron chi connectivity index (χ0n) is 8.50. The van der Waals surface area contributed by atoms with Gasteiger partial charge in [0.2, 0.25) is 0 Å². The monoisotopic (exact) mass is 254 g/mol. The predicted molar refractivity (Wildman–Crippen MR) is 64.0 cm³/mol. The van der Waals surface area contributed by atoms with Gasteiger partial charge in [-0.15, -0.1) is 0 Å². The molecule has 1 nitrogen and oxygen atoms in total. The van der Waals surface area contributed by atoms with Gasteiger partial charge in [0.25, 0.3) is 0 Å². The van der Waals surface area contributed by atoms with Gasteiger partial charge in [-0.3, -0.25) is 0 Å². The van der Waals surface area contributed by atoms with E-state index >= 15 is 0 Å². The number of aliphatic hydroxyl groups is 1. The van der Waals surface area contributed by atoms with Crippen LogP contribution in [-0.4, -0.2) is 11.7 Å². The van der Waals surface area contributed by atoms with Crippen molar-refractivity contribution in [2.24, 2.45) is 5.92 Å². The average molecular weight is 255 g/mol. The highest BCUT2D eigenvalue weighted by atomic mass is 79.9. The van der Waals surface area contributed by atoms with Crippen LogP contribution in [0.5, 0.6) is 0 Å². The zero-order valence-corrected chi connectivity index (χ0v) is 10.1. The van der Waals surface area contributed by atoms with Crippen molar-refractivity contribution in [2.75, 3.05) is 6.61 Å². The quantitative estimate of drug-likeness (QED) is 0.876. The number of hydrogen-bond donors (Lipinski definition) is 1. The Hall–Kier alpha value is -0.600. The van der Waals surface area contributed by atoms with Crippen LogP contribution in [-0.2, 0) is 0 Å². The van der Waals surface area contributed by atoms with Crippen molar-refractivity contribution in [3.8, 4) is 0 Å². The Bertz CT molecular complexity index is 329. The lowest BCUT2D eigenvalue weighted by atomic mass is 10.0. The van der Waals surface area contributed by atoms with E-state index in [0.717, 1.165) is 15.6 Å². The lowest BCUT2D eigenvalue weighted by Crippen LogP contribution is -1.98. The second-order valence-corrected chi connectivity index (χ2v) is 4.50. The van der Waals surface area contributed by atoms with E-state index in [4.69, 9.17) is 5.11 Å². The molecule has 0 aliphatic carbocycles. The van der Waals surface area contributed by atoms with Crippen LogP contribution in [0.2, 0.25) is 0 Å². The highest BCUT2D eigenvalue weighted by Crippen LogP contribution is 2.17. The van der Waals surface area contributed by atoms with E-state index in [-0.39, 0.29) is 6.61 Å². The van der Waals surface area contributed by atoms with Crippen molar-refractivity contribution in [3.05, 3.63) is 39.9 Å². The molecule has 0 heterocycles. The van der Waals surface area contributed by atoms with Crippen molar-refractivity contribution in [1.82, 2.24) is 0 Å². The van der Waals surface area contributed by atoms with E-state index in [1.807, 2.05) is 30.3 Å². The fourth-order valence-electron chi connectivity index (χ4n) is 1.21. The molecule has 0 unspecified atom stereocenters. The van der Waals surface area contributed by atoms with Gasteiger partial charge in [-0.2, -0.15) is 0 Å². The van der Waals surface area contributed by atoms with Gasteiger partial charge in [0, 0.05) is 4.47 Å². The summed E-state index contributed by atoms with van der Waals surface area (Å²) in [6.45, 7) is 4.30. The van der Waals surface area contributed by atoms with E-state index < -0.39 is 0 Å². The van der Waals surface area contributed by atoms with Crippen LogP contribution in [0, 0.1) is 5.92 Å². The maximum Gasteiger partial charge on any atom is 0.0647 e. The number of hydrogen-bond acceptors (Lipinski definition) is 1. The third-order valence-electron chi connectivity index (χ3n) is 2.12. The molecular weight excluding hydrogens is 240 g/mol. The van der Waals surface area contributed by atoms with E-state index in [1.54, 1.807) is 0 Å². The largest absolute Gasteiger partial charge is 0.392 e. The molecule has 1 N–H and O–H groups in total. The van der Waals surface area contributed by atoms with Crippen molar-refractivity contribution >= 4 is 22.0 Å². The SMILES string of the molecule is CC(C)C(=Cc1cccc(Br)c1)CO. The van der Waals surface area contributed by atoms with Crippen LogP contribution in [0.3, 0.4) is 0 Å². The Kier molecular flexibility index (Phi) is 4.36. The molecule has 0 bridgehead atoms. The second-order valence-electron chi connectivity index (χ2n) is 3.59. The maximum absolute atomic E-state index is 9.15. The van der Waals surface area contributed by atoms with Crippen LogP contribution in [0.25, 0.3) is 6.08 Å². The Morgan fingerprint density at radius 1 is 1.50 bits per heavy atom. The van der Waals surface area contributed by atoms with Gasteiger partial charge in [0.15, 0.2) is 0 Å². The van der Waals surface area contributed by atoms with Crippen LogP contribution < -0.4 is 0 Å². The highest BCUT2D eigenvalue weighted by molar-refractivity contribution is 9.10. The minimum atomic E-state index is 0.129. The standard InChI is InChI=1S/C12H15BrO/c1-9(2)11(8-14)6-10-4-3-5-12(13)7-10/h3-7,9,14H,8H2,1-2H3. The van der Waals surface area contributed by atoms with Crippen molar-refractivity contribution in [3.63, 3.8) is 0 Å². The van der Waals surface area contributed by atoms with Gasteiger partial charge in [-0.25, -0.2) is 0 Å². The molecule has 0 aliphatic rings. The second kappa shape index (κ2) is 5.32. The van der Waals surface area contributed by atoms with Gasteiger partial charge in [-0.1, -0.05) is 48.0 Å². The molecule has 0 amide bonds. The van der Waals surface area contributed by atoms with Gasteiger partial charge in [-0.05, 0) is 29.2 Å². The molecule has 0 aliphatic heterocycles. The molecule has 14 heavy (non-hydrogen) atoms. The molecule has 0 fully saturated rings. The van der Waals surface area contributed by atoms with Crippen LogP contribution in [0.1, 0.15) is 19.4 Å². The van der Waals surface area contributed by atoms with E-state index in [1.165, 1.54) is 0 Å². The maximum atomic E-state index is 9.15. The van der Waals surface area contributed by atoms with Crippen molar-refractivity contribution < 1.29 is 5.11 Å². The third-order valence-corrected chi connectivity index (χ3v) is 2.62. The first-order chi connectivity index (χ1) is 6.63. The normalized spacial score (nSPS) is 12.2. The van der Waals surface area contributed by atoms with Crippen LogP contribution >= 0.6 is 15.9 Å². The molecule has 1 aromatic carbocycles. The van der Waals surface area contributed by atoms with Gasteiger partial charge in [0.05, 0.1) is 6.61 Å². The summed E-state index contributed by atoms with van der Waals surface area (Å²) < 4.78 is 1.06. The number of rotatable bonds is 3. The summed E-state index contributed by atoms with van der Waals surface area (Å²) in [5, 5.41) is 9.15. The van der Waals surface area contributed by atoms with E-state index in [0.29, 0.717) is 5.92 Å². The van der Waals surface area contributed by atoms with Crippen molar-refractivity contribution in [1.29, 1.82) is 0 Å². The molecule has 1 rings (SSSR count).